The molecule has 0 bridgehead atoms. The highest BCUT2D eigenvalue weighted by molar-refractivity contribution is 7.99. The fourth-order valence-corrected chi connectivity index (χ4v) is 18.1. The zero-order chi connectivity index (χ0) is 50.9. The van der Waals surface area contributed by atoms with Crippen LogP contribution in [0.5, 0.6) is 0 Å². The molecule has 1 nitrogen and oxygen atoms in total. The van der Waals surface area contributed by atoms with Crippen molar-refractivity contribution in [2.45, 2.75) is 35.8 Å². The topological polar surface area (TPSA) is 3.24 Å². The lowest BCUT2D eigenvalue weighted by Crippen LogP contribution is -2.32. The molecule has 2 heterocycles. The molecule has 0 amide bonds. The SMILES string of the molecule is c1ccc2c(c1)Sc1ccccc1C21c2ccccc2-c2cc(N(c3ccc4c(c3)-c3ccccc3C43c4ccccc4Sc4ccccc43)c3cccc4c3-c3ccccc3C43c4ccccc4-c4ccccc43)ccc21. The second-order valence-corrected chi connectivity index (χ2v) is 23.8. The van der Waals surface area contributed by atoms with Crippen molar-refractivity contribution in [3.05, 3.63) is 340 Å². The van der Waals surface area contributed by atoms with Crippen molar-refractivity contribution in [1.29, 1.82) is 0 Å². The van der Waals surface area contributed by atoms with Crippen molar-refractivity contribution in [3.8, 4) is 44.5 Å². The Morgan fingerprint density at radius 2 is 0.500 bits per heavy atom. The average molecular weight is 1020 g/mol. The molecule has 0 saturated carbocycles. The Labute approximate surface area is 462 Å². The highest BCUT2D eigenvalue weighted by Crippen LogP contribution is 2.68. The summed E-state index contributed by atoms with van der Waals surface area (Å²) in [5.41, 5.74) is 28.3. The Bertz CT molecular complexity index is 4290. The van der Waals surface area contributed by atoms with Gasteiger partial charge in [-0.1, -0.05) is 242 Å². The smallest absolute Gasteiger partial charge is 0.0735 e. The number of fused-ring (bicyclic) bond motifs is 28. The van der Waals surface area contributed by atoms with Crippen LogP contribution < -0.4 is 4.90 Å². The van der Waals surface area contributed by atoms with Gasteiger partial charge in [-0.25, -0.2) is 0 Å². The minimum atomic E-state index is -0.493. The third-order valence-electron chi connectivity index (χ3n) is 18.4. The Morgan fingerprint density at radius 3 is 0.897 bits per heavy atom. The second-order valence-electron chi connectivity index (χ2n) is 21.7. The molecule has 18 rings (SSSR count). The van der Waals surface area contributed by atoms with Crippen molar-refractivity contribution in [3.63, 3.8) is 0 Å². The first kappa shape index (κ1) is 43.3. The molecule has 0 atom stereocenters. The third-order valence-corrected chi connectivity index (χ3v) is 20.7. The van der Waals surface area contributed by atoms with E-state index in [0.717, 1.165) is 17.1 Å². The van der Waals surface area contributed by atoms with Gasteiger partial charge in [-0.3, -0.25) is 0 Å². The Morgan fingerprint density at radius 1 is 0.218 bits per heavy atom. The van der Waals surface area contributed by atoms with E-state index in [0.29, 0.717) is 0 Å². The molecule has 12 aromatic carbocycles. The maximum absolute atomic E-state index is 2.61. The van der Waals surface area contributed by atoms with Crippen LogP contribution in [-0.2, 0) is 16.2 Å². The van der Waals surface area contributed by atoms with Crippen LogP contribution in [0, 0.1) is 0 Å². The van der Waals surface area contributed by atoms with Crippen molar-refractivity contribution >= 4 is 40.6 Å². The van der Waals surface area contributed by atoms with Gasteiger partial charge in [0.25, 0.3) is 0 Å². The number of rotatable bonds is 3. The maximum atomic E-state index is 2.61. The van der Waals surface area contributed by atoms with Gasteiger partial charge >= 0.3 is 0 Å². The molecule has 6 aliphatic rings. The van der Waals surface area contributed by atoms with Gasteiger partial charge in [0.2, 0.25) is 0 Å². The highest BCUT2D eigenvalue weighted by atomic mass is 32.2. The van der Waals surface area contributed by atoms with Gasteiger partial charge in [0.05, 0.1) is 21.9 Å². The fourth-order valence-electron chi connectivity index (χ4n) is 15.7. The zero-order valence-corrected chi connectivity index (χ0v) is 43.9. The summed E-state index contributed by atoms with van der Waals surface area (Å²) in [5.74, 6) is 0. The van der Waals surface area contributed by atoms with Gasteiger partial charge in [-0.05, 0) is 160 Å². The Kier molecular flexibility index (Phi) is 8.68. The first-order valence-corrected chi connectivity index (χ1v) is 28.8. The third kappa shape index (κ3) is 5.18. The number of anilines is 3. The standard InChI is InChI=1S/C75H45NS2/c1-6-25-55-48(20-1)49-21-2-7-26-56(49)73(55)59-29-10-5-24-52(59)72-66(73)34-19-35-67(72)76(46-40-42-60-53(44-46)50-22-3-8-27-57(50)74(60)62-30-11-15-36-68(62)77-69-37-16-12-31-63(69)74)47-41-43-61-54(45-47)51-23-4-9-28-58(51)75(61)64-32-13-17-38-70(64)78-71-39-18-14-33-65(71)75/h1-45H. The van der Waals surface area contributed by atoms with Crippen molar-refractivity contribution < 1.29 is 0 Å². The Hall–Kier alpha value is -8.86. The summed E-state index contributed by atoms with van der Waals surface area (Å²) in [6, 6.07) is 104. The van der Waals surface area contributed by atoms with Crippen molar-refractivity contribution in [2.75, 3.05) is 4.90 Å². The first-order valence-electron chi connectivity index (χ1n) is 27.2. The van der Waals surface area contributed by atoms with Crippen LogP contribution in [-0.4, -0.2) is 0 Å². The van der Waals surface area contributed by atoms with Crippen LogP contribution in [0.3, 0.4) is 0 Å². The van der Waals surface area contributed by atoms with Gasteiger partial charge in [-0.2, -0.15) is 0 Å². The highest BCUT2D eigenvalue weighted by Gasteiger charge is 2.55. The summed E-state index contributed by atoms with van der Waals surface area (Å²) in [6.45, 7) is 0. The molecule has 0 unspecified atom stereocenters. The molecule has 362 valence electrons. The van der Waals surface area contributed by atoms with Gasteiger partial charge in [0.15, 0.2) is 0 Å². The predicted octanol–water partition coefficient (Wildman–Crippen LogP) is 19.2. The molecule has 3 heteroatoms. The molecule has 3 spiro atoms. The van der Waals surface area contributed by atoms with Crippen LogP contribution in [0.25, 0.3) is 44.5 Å². The van der Waals surface area contributed by atoms with Crippen LogP contribution in [0.15, 0.2) is 293 Å². The van der Waals surface area contributed by atoms with Crippen molar-refractivity contribution in [2.24, 2.45) is 0 Å². The van der Waals surface area contributed by atoms with Crippen molar-refractivity contribution in [1.82, 2.24) is 0 Å². The number of benzene rings is 12. The van der Waals surface area contributed by atoms with Gasteiger partial charge < -0.3 is 4.90 Å². The van der Waals surface area contributed by atoms with Gasteiger partial charge in [0.1, 0.15) is 0 Å². The number of nitrogens with zero attached hydrogens (tertiary/aromatic N) is 1. The largest absolute Gasteiger partial charge is 0.310 e. The lowest BCUT2D eigenvalue weighted by atomic mass is 9.67. The van der Waals surface area contributed by atoms with E-state index in [1.807, 2.05) is 23.5 Å². The summed E-state index contributed by atoms with van der Waals surface area (Å²) in [4.78, 5) is 7.85. The minimum Gasteiger partial charge on any atom is -0.310 e. The number of hydrogen-bond acceptors (Lipinski definition) is 3. The zero-order valence-electron chi connectivity index (χ0n) is 42.2. The van der Waals surface area contributed by atoms with Gasteiger partial charge in [-0.15, -0.1) is 0 Å². The summed E-state index contributed by atoms with van der Waals surface area (Å²) in [6.07, 6.45) is 0. The quantitative estimate of drug-likeness (QED) is 0.174. The molecule has 12 aromatic rings. The molecule has 0 radical (unpaired) electrons. The van der Waals surface area contributed by atoms with Crippen LogP contribution >= 0.6 is 23.5 Å². The molecule has 0 fully saturated rings. The van der Waals surface area contributed by atoms with E-state index in [4.69, 9.17) is 0 Å². The lowest BCUT2D eigenvalue weighted by Gasteiger charge is -2.40. The van der Waals surface area contributed by atoms with Crippen LogP contribution in [0.1, 0.15) is 66.8 Å². The second kappa shape index (κ2) is 15.6. The lowest BCUT2D eigenvalue weighted by molar-refractivity contribution is 0.722. The van der Waals surface area contributed by atoms with E-state index >= 15 is 0 Å². The molecule has 0 saturated heterocycles. The van der Waals surface area contributed by atoms with E-state index < -0.39 is 16.2 Å². The van der Waals surface area contributed by atoms with E-state index in [-0.39, 0.29) is 0 Å². The molecular formula is C75H45NS2. The van der Waals surface area contributed by atoms with Crippen LogP contribution in [0.4, 0.5) is 17.1 Å². The maximum Gasteiger partial charge on any atom is 0.0735 e. The van der Waals surface area contributed by atoms with E-state index in [1.165, 1.54) is 131 Å². The molecule has 0 N–H and O–H groups in total. The molecular weight excluding hydrogens is 979 g/mol. The average Bonchev–Trinajstić information content (AvgIpc) is 3.49. The molecule has 78 heavy (non-hydrogen) atoms. The molecule has 2 aliphatic heterocycles. The van der Waals surface area contributed by atoms with E-state index in [9.17, 15) is 0 Å². The normalized spacial score (nSPS) is 15.4. The number of hydrogen-bond donors (Lipinski definition) is 0. The summed E-state index contributed by atoms with van der Waals surface area (Å²) in [7, 11) is 0. The van der Waals surface area contributed by atoms with E-state index in [1.54, 1.807) is 0 Å². The minimum absolute atomic E-state index is 0.479. The molecule has 0 aromatic heterocycles. The molecule has 4 aliphatic carbocycles. The van der Waals surface area contributed by atoms with Crippen LogP contribution in [0.2, 0.25) is 0 Å². The summed E-state index contributed by atoms with van der Waals surface area (Å²) < 4.78 is 0. The predicted molar refractivity (Wildman–Crippen MR) is 320 cm³/mol. The summed E-state index contributed by atoms with van der Waals surface area (Å²) in [5, 5.41) is 0. The first-order chi connectivity index (χ1) is 38.7. The van der Waals surface area contributed by atoms with E-state index in [2.05, 4.69) is 278 Å². The van der Waals surface area contributed by atoms with Gasteiger partial charge in [0, 0.05) is 36.5 Å². The monoisotopic (exact) mass is 1020 g/mol. The summed E-state index contributed by atoms with van der Waals surface area (Å²) >= 11 is 3.79. The fraction of sp³-hybridized carbons (Fsp3) is 0.0400. The Balaban J connectivity index is 0.933.